The summed E-state index contributed by atoms with van der Waals surface area (Å²) in [6.45, 7) is 3.48. The fraction of sp³-hybridized carbons (Fsp3) is 0.647. The van der Waals surface area contributed by atoms with Crippen molar-refractivity contribution in [2.24, 2.45) is 0 Å². The van der Waals surface area contributed by atoms with Crippen LogP contribution >= 0.6 is 0 Å². The Kier molecular flexibility index (Phi) is 6.96. The molecule has 1 aromatic rings. The molecule has 0 bridgehead atoms. The van der Waals surface area contributed by atoms with E-state index < -0.39 is 0 Å². The zero-order valence-electron chi connectivity index (χ0n) is 14.6. The second kappa shape index (κ2) is 9.20. The maximum absolute atomic E-state index is 11.5. The molecule has 7 nitrogen and oxygen atoms in total. The van der Waals surface area contributed by atoms with Crippen molar-refractivity contribution in [1.82, 2.24) is 9.97 Å². The molecule has 7 heteroatoms. The summed E-state index contributed by atoms with van der Waals surface area (Å²) in [5.74, 6) is 0.688. The summed E-state index contributed by atoms with van der Waals surface area (Å²) < 4.78 is 0. The molecule has 0 amide bonds. The molecule has 0 fully saturated rings. The molecule has 1 heterocycles. The van der Waals surface area contributed by atoms with Crippen molar-refractivity contribution in [3.63, 3.8) is 0 Å². The predicted molar refractivity (Wildman–Crippen MR) is 96.5 cm³/mol. The average Bonchev–Trinajstić information content (AvgIpc) is 2.60. The molecule has 0 aromatic carbocycles. The van der Waals surface area contributed by atoms with Crippen molar-refractivity contribution >= 4 is 17.3 Å². The van der Waals surface area contributed by atoms with Crippen molar-refractivity contribution < 1.29 is 4.92 Å². The van der Waals surface area contributed by atoms with Gasteiger partial charge in [0.25, 0.3) is 0 Å². The molecule has 0 saturated heterocycles. The number of hydrogen-bond donors (Lipinski definition) is 1. The minimum atomic E-state index is -0.389. The van der Waals surface area contributed by atoms with E-state index in [0.29, 0.717) is 18.2 Å². The topological polar surface area (TPSA) is 84.2 Å². The minimum absolute atomic E-state index is 0.0336. The predicted octanol–water partition coefficient (Wildman–Crippen LogP) is 3.92. The van der Waals surface area contributed by atoms with Crippen molar-refractivity contribution in [2.45, 2.75) is 51.9 Å². The molecule has 24 heavy (non-hydrogen) atoms. The van der Waals surface area contributed by atoms with Gasteiger partial charge in [-0.3, -0.25) is 10.1 Å². The van der Waals surface area contributed by atoms with Gasteiger partial charge in [-0.15, -0.1) is 0 Å². The van der Waals surface area contributed by atoms with E-state index in [-0.39, 0.29) is 10.6 Å². The number of aromatic nitrogens is 2. The van der Waals surface area contributed by atoms with Crippen LogP contribution in [0.25, 0.3) is 0 Å². The monoisotopic (exact) mass is 333 g/mol. The van der Waals surface area contributed by atoms with Gasteiger partial charge in [-0.2, -0.15) is 0 Å². The third-order valence-corrected chi connectivity index (χ3v) is 4.32. The number of nitrogens with zero attached hydrogens (tertiary/aromatic N) is 4. The molecular formula is C17H27N5O2. The van der Waals surface area contributed by atoms with Crippen LogP contribution in [0.15, 0.2) is 18.0 Å². The second-order valence-corrected chi connectivity index (χ2v) is 6.21. The summed E-state index contributed by atoms with van der Waals surface area (Å²) in [6, 6.07) is 0. The van der Waals surface area contributed by atoms with Gasteiger partial charge in [0.05, 0.1) is 4.92 Å². The third-order valence-electron chi connectivity index (χ3n) is 4.32. The molecule has 1 aliphatic rings. The van der Waals surface area contributed by atoms with E-state index >= 15 is 0 Å². The first-order chi connectivity index (χ1) is 11.6. The summed E-state index contributed by atoms with van der Waals surface area (Å²) >= 11 is 0. The normalized spacial score (nSPS) is 14.2. The fourth-order valence-electron chi connectivity index (χ4n) is 2.92. The van der Waals surface area contributed by atoms with E-state index in [4.69, 9.17) is 0 Å². The molecule has 0 spiro atoms. The zero-order valence-corrected chi connectivity index (χ0v) is 14.6. The lowest BCUT2D eigenvalue weighted by Crippen LogP contribution is -2.22. The van der Waals surface area contributed by atoms with Crippen molar-refractivity contribution in [3.8, 4) is 0 Å². The summed E-state index contributed by atoms with van der Waals surface area (Å²) in [4.78, 5) is 21.2. The third kappa shape index (κ3) is 4.91. The summed E-state index contributed by atoms with van der Waals surface area (Å²) in [5, 5.41) is 14.7. The van der Waals surface area contributed by atoms with Gasteiger partial charge in [-0.1, -0.05) is 25.0 Å². The number of nitrogens with one attached hydrogen (secondary N) is 1. The lowest BCUT2D eigenvalue weighted by molar-refractivity contribution is -0.383. The lowest BCUT2D eigenvalue weighted by Gasteiger charge is -2.18. The number of allylic oxidation sites excluding steroid dienone is 1. The number of nitro groups is 1. The van der Waals surface area contributed by atoms with Crippen molar-refractivity contribution in [3.05, 3.63) is 28.1 Å². The molecule has 0 aliphatic heterocycles. The number of unbranched alkanes of at least 4 members (excludes halogenated alkanes) is 1. The number of rotatable bonds is 9. The fourth-order valence-corrected chi connectivity index (χ4v) is 2.92. The van der Waals surface area contributed by atoms with Crippen molar-refractivity contribution in [2.75, 3.05) is 30.4 Å². The highest BCUT2D eigenvalue weighted by Gasteiger charge is 2.25. The summed E-state index contributed by atoms with van der Waals surface area (Å²) in [7, 11) is 1.83. The highest BCUT2D eigenvalue weighted by Crippen LogP contribution is 2.31. The van der Waals surface area contributed by atoms with Gasteiger partial charge >= 0.3 is 5.69 Å². The van der Waals surface area contributed by atoms with Crippen LogP contribution in [0.2, 0.25) is 0 Å². The van der Waals surface area contributed by atoms with Crippen LogP contribution in [0, 0.1) is 10.1 Å². The van der Waals surface area contributed by atoms with E-state index in [1.165, 1.54) is 24.7 Å². The Morgan fingerprint density at radius 1 is 1.38 bits per heavy atom. The maximum Gasteiger partial charge on any atom is 0.353 e. The van der Waals surface area contributed by atoms with Crippen LogP contribution in [-0.2, 0) is 0 Å². The van der Waals surface area contributed by atoms with Crippen molar-refractivity contribution in [1.29, 1.82) is 0 Å². The Bertz CT molecular complexity index is 588. The van der Waals surface area contributed by atoms with E-state index in [1.54, 1.807) is 0 Å². The number of anilines is 2. The van der Waals surface area contributed by atoms with Gasteiger partial charge in [0.1, 0.15) is 6.33 Å². The van der Waals surface area contributed by atoms with Gasteiger partial charge in [0.2, 0.25) is 11.6 Å². The molecule has 132 valence electrons. The molecule has 0 radical (unpaired) electrons. The standard InChI is InChI=1S/C17H27N5O2/c1-3-4-12-21(2)17-15(22(23)24)16(19-13-20-17)18-11-10-14-8-6-5-7-9-14/h8,13H,3-7,9-12H2,1-2H3,(H,18,19,20). The molecule has 1 aliphatic carbocycles. The number of hydrogen-bond acceptors (Lipinski definition) is 6. The van der Waals surface area contributed by atoms with E-state index in [9.17, 15) is 10.1 Å². The van der Waals surface area contributed by atoms with E-state index in [1.807, 2.05) is 11.9 Å². The smallest absolute Gasteiger partial charge is 0.353 e. The molecule has 0 saturated carbocycles. The van der Waals surface area contributed by atoms with Crippen LogP contribution in [0.1, 0.15) is 51.9 Å². The van der Waals surface area contributed by atoms with Crippen LogP contribution < -0.4 is 10.2 Å². The summed E-state index contributed by atoms with van der Waals surface area (Å²) in [5.41, 5.74) is 1.40. The summed E-state index contributed by atoms with van der Waals surface area (Å²) in [6.07, 6.45) is 11.4. The lowest BCUT2D eigenvalue weighted by atomic mass is 9.97. The van der Waals surface area contributed by atoms with Crippen LogP contribution in [-0.4, -0.2) is 35.0 Å². The highest BCUT2D eigenvalue weighted by atomic mass is 16.6. The van der Waals surface area contributed by atoms with Gasteiger partial charge in [-0.05, 0) is 38.5 Å². The second-order valence-electron chi connectivity index (χ2n) is 6.21. The van der Waals surface area contributed by atoms with E-state index in [2.05, 4.69) is 28.3 Å². The zero-order chi connectivity index (χ0) is 17.4. The molecule has 1 N–H and O–H groups in total. The Morgan fingerprint density at radius 2 is 2.21 bits per heavy atom. The minimum Gasteiger partial charge on any atom is -0.364 e. The Hall–Kier alpha value is -2.18. The van der Waals surface area contributed by atoms with Crippen LogP contribution in [0.5, 0.6) is 0 Å². The maximum atomic E-state index is 11.5. The highest BCUT2D eigenvalue weighted by molar-refractivity contribution is 5.70. The van der Waals surface area contributed by atoms with Gasteiger partial charge in [-0.25, -0.2) is 9.97 Å². The molecule has 0 atom stereocenters. The Balaban J connectivity index is 2.07. The quantitative estimate of drug-likeness (QED) is 0.419. The first-order valence-corrected chi connectivity index (χ1v) is 8.75. The van der Waals surface area contributed by atoms with E-state index in [0.717, 1.165) is 38.6 Å². The molecule has 1 aromatic heterocycles. The van der Waals surface area contributed by atoms with Gasteiger partial charge in [0, 0.05) is 20.1 Å². The average molecular weight is 333 g/mol. The van der Waals surface area contributed by atoms with Gasteiger partial charge < -0.3 is 10.2 Å². The SMILES string of the molecule is CCCCN(C)c1ncnc(NCCC2=CCCCC2)c1[N+](=O)[O-]. The largest absolute Gasteiger partial charge is 0.364 e. The first-order valence-electron chi connectivity index (χ1n) is 8.75. The van der Waals surface area contributed by atoms with Crippen LogP contribution in [0.4, 0.5) is 17.3 Å². The van der Waals surface area contributed by atoms with Crippen LogP contribution in [0.3, 0.4) is 0 Å². The first kappa shape index (κ1) is 18.2. The Labute approximate surface area is 143 Å². The molecule has 0 unspecified atom stereocenters. The molecular weight excluding hydrogens is 306 g/mol. The molecule has 2 rings (SSSR count). The van der Waals surface area contributed by atoms with Gasteiger partial charge in [0.15, 0.2) is 0 Å². The Morgan fingerprint density at radius 3 is 2.88 bits per heavy atom.